The van der Waals surface area contributed by atoms with Crippen molar-refractivity contribution in [3.8, 4) is 0 Å². The first-order valence-corrected chi connectivity index (χ1v) is 7.60. The van der Waals surface area contributed by atoms with Crippen LogP contribution in [0.25, 0.3) is 0 Å². The van der Waals surface area contributed by atoms with E-state index in [1.54, 1.807) is 22.8 Å². The monoisotopic (exact) mass is 313 g/mol. The minimum Gasteiger partial charge on any atom is -0.352 e. The zero-order valence-electron chi connectivity index (χ0n) is 13.0. The fourth-order valence-electron chi connectivity index (χ4n) is 2.76. The van der Waals surface area contributed by atoms with Crippen LogP contribution >= 0.6 is 0 Å². The van der Waals surface area contributed by atoms with E-state index in [4.69, 9.17) is 0 Å². The third-order valence-corrected chi connectivity index (χ3v) is 3.93. The van der Waals surface area contributed by atoms with Crippen molar-refractivity contribution in [2.45, 2.75) is 18.9 Å². The number of piperazine rings is 1. The van der Waals surface area contributed by atoms with E-state index in [2.05, 4.69) is 15.6 Å². The number of rotatable bonds is 4. The summed E-state index contributed by atoms with van der Waals surface area (Å²) in [5, 5.41) is 10.7. The maximum atomic E-state index is 12.6. The maximum Gasteiger partial charge on any atom is 0.239 e. The van der Waals surface area contributed by atoms with Crippen molar-refractivity contribution in [2.75, 3.05) is 13.1 Å². The molecule has 120 valence electrons. The van der Waals surface area contributed by atoms with Gasteiger partial charge in [-0.05, 0) is 5.56 Å². The van der Waals surface area contributed by atoms with Gasteiger partial charge in [0.05, 0.1) is 11.7 Å². The highest BCUT2D eigenvalue weighted by Gasteiger charge is 2.31. The third kappa shape index (κ3) is 3.56. The molecule has 1 aromatic heterocycles. The summed E-state index contributed by atoms with van der Waals surface area (Å²) in [6.07, 6.45) is 2.63. The Labute approximate surface area is 134 Å². The minimum atomic E-state index is -0.122. The van der Waals surface area contributed by atoms with Crippen LogP contribution < -0.4 is 5.32 Å². The molecule has 1 unspecified atom stereocenters. The van der Waals surface area contributed by atoms with Crippen LogP contribution in [0, 0.1) is 0 Å². The second kappa shape index (κ2) is 6.60. The number of carbonyl (C=O) groups excluding carboxylic acids is 2. The van der Waals surface area contributed by atoms with Crippen LogP contribution in [-0.2, 0) is 23.1 Å². The molecule has 1 fully saturated rings. The van der Waals surface area contributed by atoms with Gasteiger partial charge in [0.1, 0.15) is 6.54 Å². The van der Waals surface area contributed by atoms with Crippen molar-refractivity contribution in [2.24, 2.45) is 7.05 Å². The predicted octanol–water partition coefficient (Wildman–Crippen LogP) is 0.447. The topological polar surface area (TPSA) is 80.1 Å². The van der Waals surface area contributed by atoms with Crippen molar-refractivity contribution in [3.05, 3.63) is 47.8 Å². The molecule has 2 heterocycles. The van der Waals surface area contributed by atoms with Gasteiger partial charge in [-0.2, -0.15) is 0 Å². The summed E-state index contributed by atoms with van der Waals surface area (Å²) in [6.45, 7) is 0.540. The fourth-order valence-corrected chi connectivity index (χ4v) is 2.76. The van der Waals surface area contributed by atoms with Crippen molar-refractivity contribution in [3.63, 3.8) is 0 Å². The van der Waals surface area contributed by atoms with Crippen molar-refractivity contribution in [1.82, 2.24) is 25.2 Å². The van der Waals surface area contributed by atoms with Gasteiger partial charge in [-0.15, -0.1) is 5.10 Å². The lowest BCUT2D eigenvalue weighted by molar-refractivity contribution is -0.141. The van der Waals surface area contributed by atoms with Gasteiger partial charge in [0.2, 0.25) is 11.8 Å². The summed E-state index contributed by atoms with van der Waals surface area (Å²) in [6, 6.07) is 9.65. The second-order valence-corrected chi connectivity index (χ2v) is 5.64. The number of carbonyl (C=O) groups is 2. The Morgan fingerprint density at radius 1 is 1.35 bits per heavy atom. The summed E-state index contributed by atoms with van der Waals surface area (Å²) < 4.78 is 1.61. The number of nitrogens with zero attached hydrogens (tertiary/aromatic N) is 4. The molecule has 1 N–H and O–H groups in total. The average molecular weight is 313 g/mol. The molecule has 1 aliphatic heterocycles. The second-order valence-electron chi connectivity index (χ2n) is 5.64. The fraction of sp³-hybridized carbons (Fsp3) is 0.375. The van der Waals surface area contributed by atoms with Crippen molar-refractivity contribution in [1.29, 1.82) is 0 Å². The molecular weight excluding hydrogens is 294 g/mol. The molecular formula is C16H19N5O2. The number of amides is 2. The Morgan fingerprint density at radius 2 is 2.13 bits per heavy atom. The summed E-state index contributed by atoms with van der Waals surface area (Å²) in [4.78, 5) is 26.0. The van der Waals surface area contributed by atoms with Crippen LogP contribution in [0.1, 0.15) is 23.7 Å². The van der Waals surface area contributed by atoms with Gasteiger partial charge in [-0.1, -0.05) is 35.5 Å². The van der Waals surface area contributed by atoms with Gasteiger partial charge < -0.3 is 10.2 Å². The standard InChI is InChI=1S/C16H19N5O2/c1-20-10-13(18-19-20)7-8-16(23)21-11-15(22)17-9-14(21)12-5-3-2-4-6-12/h2-6,10,14H,7-9,11H2,1H3,(H,17,22). The molecule has 0 aliphatic carbocycles. The van der Waals surface area contributed by atoms with Crippen LogP contribution in [0.3, 0.4) is 0 Å². The molecule has 1 aromatic carbocycles. The van der Waals surface area contributed by atoms with Gasteiger partial charge in [0.25, 0.3) is 0 Å². The molecule has 3 rings (SSSR count). The summed E-state index contributed by atoms with van der Waals surface area (Å²) in [7, 11) is 1.79. The van der Waals surface area contributed by atoms with Gasteiger partial charge in [0, 0.05) is 32.6 Å². The Kier molecular flexibility index (Phi) is 4.36. The summed E-state index contributed by atoms with van der Waals surface area (Å²) in [5.41, 5.74) is 1.80. The van der Waals surface area contributed by atoms with Gasteiger partial charge >= 0.3 is 0 Å². The molecule has 0 spiro atoms. The van der Waals surface area contributed by atoms with E-state index in [0.29, 0.717) is 19.4 Å². The molecule has 0 bridgehead atoms. The highest BCUT2D eigenvalue weighted by molar-refractivity contribution is 5.86. The predicted molar refractivity (Wildman–Crippen MR) is 83.2 cm³/mol. The molecule has 1 aliphatic rings. The zero-order valence-corrected chi connectivity index (χ0v) is 13.0. The van der Waals surface area contributed by atoms with E-state index in [0.717, 1.165) is 11.3 Å². The molecule has 1 saturated heterocycles. The molecule has 1 atom stereocenters. The molecule has 2 amide bonds. The third-order valence-electron chi connectivity index (χ3n) is 3.93. The molecule has 7 nitrogen and oxygen atoms in total. The van der Waals surface area contributed by atoms with Crippen LogP contribution in [0.2, 0.25) is 0 Å². The smallest absolute Gasteiger partial charge is 0.239 e. The molecule has 0 radical (unpaired) electrons. The lowest BCUT2D eigenvalue weighted by atomic mass is 10.0. The van der Waals surface area contributed by atoms with Crippen LogP contribution in [-0.4, -0.2) is 44.8 Å². The van der Waals surface area contributed by atoms with E-state index in [9.17, 15) is 9.59 Å². The van der Waals surface area contributed by atoms with Crippen LogP contribution in [0.4, 0.5) is 0 Å². The SMILES string of the molecule is Cn1cc(CCC(=O)N2CC(=O)NCC2c2ccccc2)nn1. The zero-order chi connectivity index (χ0) is 16.2. The summed E-state index contributed by atoms with van der Waals surface area (Å²) >= 11 is 0. The highest BCUT2D eigenvalue weighted by Crippen LogP contribution is 2.23. The van der Waals surface area contributed by atoms with E-state index in [1.807, 2.05) is 30.3 Å². The first-order valence-electron chi connectivity index (χ1n) is 7.60. The normalized spacial score (nSPS) is 17.9. The number of hydrogen-bond acceptors (Lipinski definition) is 4. The van der Waals surface area contributed by atoms with Crippen LogP contribution in [0.15, 0.2) is 36.5 Å². The van der Waals surface area contributed by atoms with Crippen molar-refractivity contribution >= 4 is 11.8 Å². The number of benzene rings is 1. The van der Waals surface area contributed by atoms with E-state index in [1.165, 1.54) is 0 Å². The molecule has 2 aromatic rings. The Morgan fingerprint density at radius 3 is 2.83 bits per heavy atom. The van der Waals surface area contributed by atoms with E-state index < -0.39 is 0 Å². The van der Waals surface area contributed by atoms with Gasteiger partial charge in [-0.25, -0.2) is 0 Å². The number of aromatic nitrogens is 3. The largest absolute Gasteiger partial charge is 0.352 e. The Hall–Kier alpha value is -2.70. The highest BCUT2D eigenvalue weighted by atomic mass is 16.2. The summed E-state index contributed by atoms with van der Waals surface area (Å²) in [5.74, 6) is -0.163. The number of nitrogens with one attached hydrogen (secondary N) is 1. The minimum absolute atomic E-state index is 0.0423. The number of aryl methyl sites for hydroxylation is 2. The Balaban J connectivity index is 1.71. The lowest BCUT2D eigenvalue weighted by Crippen LogP contribution is -2.51. The lowest BCUT2D eigenvalue weighted by Gasteiger charge is -2.36. The first kappa shape index (κ1) is 15.2. The average Bonchev–Trinajstić information content (AvgIpc) is 2.99. The van der Waals surface area contributed by atoms with Crippen LogP contribution in [0.5, 0.6) is 0 Å². The first-order chi connectivity index (χ1) is 11.1. The molecule has 23 heavy (non-hydrogen) atoms. The van der Waals surface area contributed by atoms with Crippen molar-refractivity contribution < 1.29 is 9.59 Å². The Bertz CT molecular complexity index is 698. The van der Waals surface area contributed by atoms with Gasteiger partial charge in [-0.3, -0.25) is 14.3 Å². The quantitative estimate of drug-likeness (QED) is 0.888. The maximum absolute atomic E-state index is 12.6. The molecule has 7 heteroatoms. The van der Waals surface area contributed by atoms with Gasteiger partial charge in [0.15, 0.2) is 0 Å². The van der Waals surface area contributed by atoms with E-state index in [-0.39, 0.29) is 24.4 Å². The number of hydrogen-bond donors (Lipinski definition) is 1. The van der Waals surface area contributed by atoms with E-state index >= 15 is 0 Å². The molecule has 0 saturated carbocycles.